The highest BCUT2D eigenvalue weighted by Crippen LogP contribution is 2.53. The number of aliphatic carboxylic acids is 1. The molecule has 4 atom stereocenters. The van der Waals surface area contributed by atoms with E-state index in [0.29, 0.717) is 12.6 Å². The van der Waals surface area contributed by atoms with Gasteiger partial charge in [0.25, 0.3) is 0 Å². The van der Waals surface area contributed by atoms with Gasteiger partial charge in [0.05, 0.1) is 18.6 Å². The number of carboxylic acid groups (broad SMARTS) is 1. The van der Waals surface area contributed by atoms with Gasteiger partial charge in [0.1, 0.15) is 5.60 Å². The molecule has 2 bridgehead atoms. The highest BCUT2D eigenvalue weighted by Gasteiger charge is 2.66. The van der Waals surface area contributed by atoms with Crippen LogP contribution in [0.4, 0.5) is 0 Å². The molecule has 0 aromatic carbocycles. The fourth-order valence-electron chi connectivity index (χ4n) is 3.49. The quantitative estimate of drug-likeness (QED) is 0.556. The molecule has 3 aliphatic heterocycles. The number of likely N-dealkylation sites (tertiary alicyclic amines) is 1. The lowest BCUT2D eigenvalue weighted by Crippen LogP contribution is -2.45. The van der Waals surface area contributed by atoms with Gasteiger partial charge in [0.15, 0.2) is 0 Å². The highest BCUT2D eigenvalue weighted by atomic mass is 16.5. The maximum absolute atomic E-state index is 12.3. The fraction of sp³-hybridized carbons (Fsp3) is 0.667. The van der Waals surface area contributed by atoms with Crippen LogP contribution in [0, 0.1) is 11.8 Å². The summed E-state index contributed by atoms with van der Waals surface area (Å²) < 4.78 is 5.74. The molecule has 5 heteroatoms. The molecule has 1 amide bonds. The molecule has 4 aliphatic rings. The molecule has 5 nitrogen and oxygen atoms in total. The molecule has 1 aliphatic carbocycles. The third-order valence-electron chi connectivity index (χ3n) is 4.39. The molecule has 0 radical (unpaired) electrons. The normalized spacial score (nSPS) is 46.7. The molecule has 17 heavy (non-hydrogen) atoms. The van der Waals surface area contributed by atoms with Crippen LogP contribution in [0.3, 0.4) is 0 Å². The van der Waals surface area contributed by atoms with Gasteiger partial charge in [-0.05, 0) is 12.8 Å². The minimum atomic E-state index is -1.17. The van der Waals surface area contributed by atoms with Crippen LogP contribution in [0.5, 0.6) is 0 Å². The van der Waals surface area contributed by atoms with Gasteiger partial charge in [-0.3, -0.25) is 4.79 Å². The Labute approximate surface area is 98.0 Å². The monoisotopic (exact) mass is 234 g/mol. The van der Waals surface area contributed by atoms with Gasteiger partial charge in [-0.25, -0.2) is 0 Å². The summed E-state index contributed by atoms with van der Waals surface area (Å²) in [5.41, 5.74) is -0.685. The zero-order chi connectivity index (χ0) is 11.8. The van der Waals surface area contributed by atoms with Gasteiger partial charge in [0.2, 0.25) is 5.91 Å². The van der Waals surface area contributed by atoms with Gasteiger partial charge in [-0.2, -0.15) is 0 Å². The van der Waals surface area contributed by atoms with E-state index in [1.165, 1.54) is 0 Å². The van der Waals surface area contributed by atoms with Crippen molar-refractivity contribution in [1.29, 1.82) is 0 Å². The summed E-state index contributed by atoms with van der Waals surface area (Å²) >= 11 is 0. The first-order valence-electron chi connectivity index (χ1n) is 6.01. The van der Waals surface area contributed by atoms with Crippen LogP contribution < -0.4 is 5.11 Å². The Morgan fingerprint density at radius 1 is 1.53 bits per heavy atom. The number of ether oxygens (including phenoxy) is 1. The number of rotatable bonds is 2. The van der Waals surface area contributed by atoms with E-state index >= 15 is 0 Å². The van der Waals surface area contributed by atoms with Crippen molar-refractivity contribution >= 4 is 11.9 Å². The topological polar surface area (TPSA) is 69.7 Å². The Morgan fingerprint density at radius 3 is 2.94 bits per heavy atom. The molecule has 1 spiro atoms. The van der Waals surface area contributed by atoms with E-state index in [9.17, 15) is 14.7 Å². The number of hydrogen-bond donors (Lipinski definition) is 0. The Morgan fingerprint density at radius 2 is 2.29 bits per heavy atom. The van der Waals surface area contributed by atoms with Gasteiger partial charge in [-0.15, -0.1) is 0 Å². The van der Waals surface area contributed by atoms with E-state index < -0.39 is 29.5 Å². The first kappa shape index (κ1) is 9.65. The second-order valence-electron chi connectivity index (χ2n) is 5.42. The molecule has 2 saturated heterocycles. The molecule has 0 N–H and O–H groups in total. The molecule has 90 valence electrons. The Hall–Kier alpha value is -1.36. The third kappa shape index (κ3) is 1.03. The first-order chi connectivity index (χ1) is 8.12. The minimum Gasteiger partial charge on any atom is -0.550 e. The van der Waals surface area contributed by atoms with Crippen LogP contribution in [0.2, 0.25) is 0 Å². The predicted molar refractivity (Wildman–Crippen MR) is 53.5 cm³/mol. The second kappa shape index (κ2) is 2.72. The second-order valence-corrected chi connectivity index (χ2v) is 5.42. The lowest BCUT2D eigenvalue weighted by atomic mass is 9.77. The fourth-order valence-corrected chi connectivity index (χ4v) is 3.49. The third-order valence-corrected chi connectivity index (χ3v) is 4.39. The zero-order valence-electron chi connectivity index (χ0n) is 9.17. The average Bonchev–Trinajstić information content (AvgIpc) is 2.89. The van der Waals surface area contributed by atoms with Crippen molar-refractivity contribution in [2.24, 2.45) is 11.8 Å². The molecule has 1 saturated carbocycles. The number of fused-ring (bicyclic) bond motifs is 1. The van der Waals surface area contributed by atoms with E-state index in [1.54, 1.807) is 11.0 Å². The van der Waals surface area contributed by atoms with E-state index in [4.69, 9.17) is 4.74 Å². The Kier molecular flexibility index (Phi) is 1.54. The molecule has 4 rings (SSSR count). The summed E-state index contributed by atoms with van der Waals surface area (Å²) in [6, 6.07) is 0.306. The Bertz CT molecular complexity index is 455. The smallest absolute Gasteiger partial charge is 0.230 e. The van der Waals surface area contributed by atoms with Gasteiger partial charge in [-0.1, -0.05) is 12.2 Å². The van der Waals surface area contributed by atoms with Crippen molar-refractivity contribution in [2.75, 3.05) is 6.54 Å². The minimum absolute atomic E-state index is 0.0615. The number of carboxylic acids is 1. The summed E-state index contributed by atoms with van der Waals surface area (Å²) in [6.07, 6.45) is 5.22. The van der Waals surface area contributed by atoms with Gasteiger partial charge < -0.3 is 19.5 Å². The van der Waals surface area contributed by atoms with E-state index in [1.807, 2.05) is 6.08 Å². The number of hydrogen-bond acceptors (Lipinski definition) is 4. The maximum Gasteiger partial charge on any atom is 0.230 e. The van der Waals surface area contributed by atoms with Crippen LogP contribution in [-0.4, -0.2) is 41.1 Å². The van der Waals surface area contributed by atoms with E-state index in [0.717, 1.165) is 12.8 Å². The van der Waals surface area contributed by atoms with Crippen molar-refractivity contribution in [3.63, 3.8) is 0 Å². The number of nitrogens with zero attached hydrogens (tertiary/aromatic N) is 1. The molecule has 3 heterocycles. The molecule has 0 unspecified atom stereocenters. The summed E-state index contributed by atoms with van der Waals surface area (Å²) in [7, 11) is 0. The van der Waals surface area contributed by atoms with Crippen LogP contribution in [-0.2, 0) is 14.3 Å². The SMILES string of the molecule is O=C([O-])[C@H]1[C@@H]2C=C[C@@]3(CN(C4CC4)C(=O)[C@@H]13)O2. The summed E-state index contributed by atoms with van der Waals surface area (Å²) in [4.78, 5) is 25.3. The molecule has 0 aromatic heterocycles. The van der Waals surface area contributed by atoms with Crippen LogP contribution in [0.1, 0.15) is 12.8 Å². The standard InChI is InChI=1S/C12H13NO4/c14-10-9-8(11(15)16)7-3-4-12(9,17-7)5-13(10)6-1-2-6/h3-4,6-9H,1-2,5H2,(H,15,16)/p-1/t7-,8-,9+,12-/m0/s1. The largest absolute Gasteiger partial charge is 0.550 e. The average molecular weight is 234 g/mol. The number of amides is 1. The van der Waals surface area contributed by atoms with Crippen molar-refractivity contribution in [2.45, 2.75) is 30.6 Å². The van der Waals surface area contributed by atoms with E-state index in [-0.39, 0.29) is 5.91 Å². The predicted octanol–water partition coefficient (Wildman–Crippen LogP) is -1.32. The first-order valence-corrected chi connectivity index (χ1v) is 6.01. The van der Waals surface area contributed by atoms with Crippen molar-refractivity contribution in [1.82, 2.24) is 4.90 Å². The number of carbonyl (C=O) groups excluding carboxylic acids is 2. The van der Waals surface area contributed by atoms with Crippen LogP contribution >= 0.6 is 0 Å². The maximum atomic E-state index is 12.3. The van der Waals surface area contributed by atoms with Crippen molar-refractivity contribution in [3.05, 3.63) is 12.2 Å². The van der Waals surface area contributed by atoms with Crippen LogP contribution in [0.25, 0.3) is 0 Å². The Balaban J connectivity index is 1.76. The molecular weight excluding hydrogens is 222 g/mol. The van der Waals surface area contributed by atoms with E-state index in [2.05, 4.69) is 0 Å². The summed E-state index contributed by atoms with van der Waals surface area (Å²) in [5, 5.41) is 11.2. The number of carbonyl (C=O) groups is 2. The van der Waals surface area contributed by atoms with Crippen LogP contribution in [0.15, 0.2) is 12.2 Å². The molecule has 3 fully saturated rings. The summed E-state index contributed by atoms with van der Waals surface area (Å²) in [5.74, 6) is -2.61. The van der Waals surface area contributed by atoms with Gasteiger partial charge in [0, 0.05) is 17.9 Å². The van der Waals surface area contributed by atoms with Gasteiger partial charge >= 0.3 is 0 Å². The zero-order valence-corrected chi connectivity index (χ0v) is 9.17. The highest BCUT2D eigenvalue weighted by molar-refractivity contribution is 5.90. The lowest BCUT2D eigenvalue weighted by molar-refractivity contribution is -0.313. The lowest BCUT2D eigenvalue weighted by Gasteiger charge is -2.24. The van der Waals surface area contributed by atoms with Crippen molar-refractivity contribution < 1.29 is 19.4 Å². The van der Waals surface area contributed by atoms with Crippen molar-refractivity contribution in [3.8, 4) is 0 Å². The molecule has 0 aromatic rings. The molecular formula is C12H12NO4-. The summed E-state index contributed by atoms with van der Waals surface area (Å²) in [6.45, 7) is 0.512.